The summed E-state index contributed by atoms with van der Waals surface area (Å²) in [5, 5.41) is 5.65. The van der Waals surface area contributed by atoms with Crippen molar-refractivity contribution in [3.05, 3.63) is 49.0 Å². The standard InChI is InChI=1S/C15H17Br2NOS/c1-3-19-15-11(7-12(16)8-13(15)17)9-18-10(2)14-5-4-6-20-14/h4-8,10,18H,3,9H2,1-2H3/t10-/m0/s1. The molecular formula is C15H17Br2NOS. The van der Waals surface area contributed by atoms with Crippen molar-refractivity contribution in [1.82, 2.24) is 5.32 Å². The number of ether oxygens (including phenoxy) is 1. The van der Waals surface area contributed by atoms with Crippen LogP contribution in [0.1, 0.15) is 30.3 Å². The van der Waals surface area contributed by atoms with Gasteiger partial charge >= 0.3 is 0 Å². The van der Waals surface area contributed by atoms with Crippen LogP contribution in [-0.4, -0.2) is 6.61 Å². The van der Waals surface area contributed by atoms with Crippen molar-refractivity contribution in [3.63, 3.8) is 0 Å². The molecule has 0 saturated heterocycles. The number of nitrogens with one attached hydrogen (secondary N) is 1. The first-order valence-corrected chi connectivity index (χ1v) is 8.96. The van der Waals surface area contributed by atoms with Gasteiger partial charge in [0, 0.05) is 27.5 Å². The Kier molecular flexibility index (Phi) is 6.08. The Morgan fingerprint density at radius 2 is 2.15 bits per heavy atom. The number of hydrogen-bond acceptors (Lipinski definition) is 3. The molecule has 20 heavy (non-hydrogen) atoms. The van der Waals surface area contributed by atoms with Crippen LogP contribution in [0.5, 0.6) is 5.75 Å². The van der Waals surface area contributed by atoms with Crippen LogP contribution in [0, 0.1) is 0 Å². The van der Waals surface area contributed by atoms with Gasteiger partial charge in [0.15, 0.2) is 0 Å². The molecule has 2 rings (SSSR count). The summed E-state index contributed by atoms with van der Waals surface area (Å²) in [4.78, 5) is 1.34. The van der Waals surface area contributed by atoms with Crippen LogP contribution in [0.2, 0.25) is 0 Å². The lowest BCUT2D eigenvalue weighted by Gasteiger charge is -2.16. The average molecular weight is 419 g/mol. The van der Waals surface area contributed by atoms with Crippen molar-refractivity contribution in [2.24, 2.45) is 0 Å². The molecule has 0 aliphatic rings. The second-order valence-corrected chi connectivity index (χ2v) is 7.18. The SMILES string of the molecule is CCOc1c(Br)cc(Br)cc1CN[C@@H](C)c1cccs1. The molecule has 0 amide bonds. The predicted molar refractivity (Wildman–Crippen MR) is 92.6 cm³/mol. The van der Waals surface area contributed by atoms with E-state index in [-0.39, 0.29) is 0 Å². The number of halogens is 2. The van der Waals surface area contributed by atoms with Gasteiger partial charge in [0.2, 0.25) is 0 Å². The van der Waals surface area contributed by atoms with Crippen molar-refractivity contribution in [2.75, 3.05) is 6.61 Å². The molecule has 0 aliphatic carbocycles. The average Bonchev–Trinajstić information content (AvgIpc) is 2.93. The lowest BCUT2D eigenvalue weighted by molar-refractivity contribution is 0.332. The number of rotatable bonds is 6. The van der Waals surface area contributed by atoms with Crippen molar-refractivity contribution >= 4 is 43.2 Å². The lowest BCUT2D eigenvalue weighted by atomic mass is 10.2. The van der Waals surface area contributed by atoms with E-state index in [1.54, 1.807) is 11.3 Å². The zero-order valence-corrected chi connectivity index (χ0v) is 15.4. The number of thiophene rings is 1. The Hall–Kier alpha value is -0.360. The van der Waals surface area contributed by atoms with E-state index in [4.69, 9.17) is 4.74 Å². The van der Waals surface area contributed by atoms with Crippen LogP contribution in [0.3, 0.4) is 0 Å². The van der Waals surface area contributed by atoms with E-state index < -0.39 is 0 Å². The second-order valence-electron chi connectivity index (χ2n) is 4.43. The minimum Gasteiger partial charge on any atom is -0.492 e. The first kappa shape index (κ1) is 16.0. The molecule has 0 unspecified atom stereocenters. The van der Waals surface area contributed by atoms with Crippen LogP contribution < -0.4 is 10.1 Å². The van der Waals surface area contributed by atoms with Gasteiger partial charge in [0.1, 0.15) is 5.75 Å². The Bertz CT molecular complexity index is 557. The summed E-state index contributed by atoms with van der Waals surface area (Å²) in [5.74, 6) is 0.918. The quantitative estimate of drug-likeness (QED) is 0.666. The maximum Gasteiger partial charge on any atom is 0.138 e. The summed E-state index contributed by atoms with van der Waals surface area (Å²) in [6.45, 7) is 5.61. The number of benzene rings is 1. The van der Waals surface area contributed by atoms with Crippen LogP contribution in [-0.2, 0) is 6.54 Å². The third kappa shape index (κ3) is 4.07. The maximum absolute atomic E-state index is 5.74. The molecule has 0 radical (unpaired) electrons. The van der Waals surface area contributed by atoms with Gasteiger partial charge in [0.25, 0.3) is 0 Å². The van der Waals surface area contributed by atoms with Gasteiger partial charge in [0.05, 0.1) is 11.1 Å². The van der Waals surface area contributed by atoms with Crippen molar-refractivity contribution in [1.29, 1.82) is 0 Å². The van der Waals surface area contributed by atoms with E-state index in [1.807, 2.05) is 13.0 Å². The van der Waals surface area contributed by atoms with Gasteiger partial charge < -0.3 is 10.1 Å². The number of hydrogen-bond donors (Lipinski definition) is 1. The van der Waals surface area contributed by atoms with Crippen molar-refractivity contribution in [3.8, 4) is 5.75 Å². The second kappa shape index (κ2) is 7.59. The Morgan fingerprint density at radius 1 is 1.35 bits per heavy atom. The van der Waals surface area contributed by atoms with E-state index in [0.29, 0.717) is 12.6 Å². The van der Waals surface area contributed by atoms with Crippen molar-refractivity contribution < 1.29 is 4.74 Å². The molecule has 1 aromatic carbocycles. The monoisotopic (exact) mass is 417 g/mol. The summed E-state index contributed by atoms with van der Waals surface area (Å²) in [6.07, 6.45) is 0. The fourth-order valence-corrected chi connectivity index (χ4v) is 4.14. The minimum atomic E-state index is 0.335. The molecule has 0 fully saturated rings. The highest BCUT2D eigenvalue weighted by atomic mass is 79.9. The third-order valence-electron chi connectivity index (χ3n) is 2.94. The highest BCUT2D eigenvalue weighted by Crippen LogP contribution is 2.33. The van der Waals surface area contributed by atoms with E-state index >= 15 is 0 Å². The van der Waals surface area contributed by atoms with E-state index in [1.165, 1.54) is 4.88 Å². The molecule has 2 aromatic rings. The zero-order valence-electron chi connectivity index (χ0n) is 11.5. The molecule has 0 bridgehead atoms. The van der Waals surface area contributed by atoms with Crippen LogP contribution in [0.15, 0.2) is 38.6 Å². The van der Waals surface area contributed by atoms with Gasteiger partial charge in [-0.1, -0.05) is 22.0 Å². The Morgan fingerprint density at radius 3 is 2.80 bits per heavy atom. The molecular weight excluding hydrogens is 402 g/mol. The molecule has 0 spiro atoms. The first-order chi connectivity index (χ1) is 9.61. The summed E-state index contributed by atoms with van der Waals surface area (Å²) < 4.78 is 7.77. The van der Waals surface area contributed by atoms with E-state index in [9.17, 15) is 0 Å². The molecule has 0 saturated carbocycles. The van der Waals surface area contributed by atoms with Crippen LogP contribution in [0.25, 0.3) is 0 Å². The Labute approximate surface area is 140 Å². The van der Waals surface area contributed by atoms with Crippen LogP contribution in [0.4, 0.5) is 0 Å². The summed E-state index contributed by atoms with van der Waals surface area (Å²) in [6, 6.07) is 8.69. The highest BCUT2D eigenvalue weighted by Gasteiger charge is 2.12. The lowest BCUT2D eigenvalue weighted by Crippen LogP contribution is -2.18. The third-order valence-corrected chi connectivity index (χ3v) is 5.04. The van der Waals surface area contributed by atoms with Gasteiger partial charge in [-0.3, -0.25) is 0 Å². The topological polar surface area (TPSA) is 21.3 Å². The van der Waals surface area contributed by atoms with Gasteiger partial charge in [-0.05, 0) is 53.4 Å². The maximum atomic E-state index is 5.74. The Balaban J connectivity index is 2.12. The van der Waals surface area contributed by atoms with E-state index in [2.05, 4.69) is 67.7 Å². The molecule has 2 nitrogen and oxygen atoms in total. The van der Waals surface area contributed by atoms with Gasteiger partial charge in [-0.15, -0.1) is 11.3 Å². The fraction of sp³-hybridized carbons (Fsp3) is 0.333. The summed E-state index contributed by atoms with van der Waals surface area (Å²) >= 11 is 8.87. The zero-order chi connectivity index (χ0) is 14.5. The molecule has 0 aliphatic heterocycles. The fourth-order valence-electron chi connectivity index (χ4n) is 1.95. The molecule has 108 valence electrons. The largest absolute Gasteiger partial charge is 0.492 e. The molecule has 1 aromatic heterocycles. The summed E-state index contributed by atoms with van der Waals surface area (Å²) in [7, 11) is 0. The molecule has 1 N–H and O–H groups in total. The van der Waals surface area contributed by atoms with Crippen molar-refractivity contribution in [2.45, 2.75) is 26.4 Å². The van der Waals surface area contributed by atoms with Gasteiger partial charge in [-0.25, -0.2) is 0 Å². The predicted octanol–water partition coefficient (Wildman–Crippen LogP) is 5.52. The molecule has 1 atom stereocenters. The normalized spacial score (nSPS) is 12.4. The van der Waals surface area contributed by atoms with Gasteiger partial charge in [-0.2, -0.15) is 0 Å². The minimum absolute atomic E-state index is 0.335. The highest BCUT2D eigenvalue weighted by molar-refractivity contribution is 9.11. The summed E-state index contributed by atoms with van der Waals surface area (Å²) in [5.41, 5.74) is 1.15. The van der Waals surface area contributed by atoms with Crippen LogP contribution >= 0.6 is 43.2 Å². The van der Waals surface area contributed by atoms with E-state index in [0.717, 1.165) is 26.8 Å². The first-order valence-electron chi connectivity index (χ1n) is 6.49. The molecule has 5 heteroatoms. The molecule has 1 heterocycles. The smallest absolute Gasteiger partial charge is 0.138 e.